The number of piperazine rings is 1. The van der Waals surface area contributed by atoms with E-state index in [1.807, 2.05) is 47.2 Å². The van der Waals surface area contributed by atoms with Crippen LogP contribution in [0.15, 0.2) is 73.2 Å². The highest BCUT2D eigenvalue weighted by Gasteiger charge is 2.34. The Hall–Kier alpha value is -4.18. The Kier molecular flexibility index (Phi) is 6.78. The van der Waals surface area contributed by atoms with E-state index < -0.39 is 0 Å². The van der Waals surface area contributed by atoms with Crippen LogP contribution in [-0.4, -0.2) is 73.2 Å². The number of rotatable bonds is 6. The second-order valence-electron chi connectivity index (χ2n) is 9.65. The molecule has 0 radical (unpaired) electrons. The van der Waals surface area contributed by atoms with Gasteiger partial charge in [-0.25, -0.2) is 9.37 Å². The van der Waals surface area contributed by atoms with Gasteiger partial charge in [0.15, 0.2) is 5.82 Å². The Bertz CT molecular complexity index is 1390. The summed E-state index contributed by atoms with van der Waals surface area (Å²) < 4.78 is 15.8. The molecule has 0 bridgehead atoms. The van der Waals surface area contributed by atoms with Crippen LogP contribution < -0.4 is 4.90 Å². The van der Waals surface area contributed by atoms with Crippen molar-refractivity contribution in [3.05, 3.63) is 96.2 Å². The molecule has 4 aromatic rings. The van der Waals surface area contributed by atoms with E-state index in [-0.39, 0.29) is 23.6 Å². The second kappa shape index (κ2) is 10.7. The molecule has 194 valence electrons. The zero-order chi connectivity index (χ0) is 25.9. The maximum absolute atomic E-state index is 14.0. The van der Waals surface area contributed by atoms with E-state index >= 15 is 0 Å². The first kappa shape index (κ1) is 24.2. The summed E-state index contributed by atoms with van der Waals surface area (Å²) in [6, 6.07) is 16.0. The van der Waals surface area contributed by atoms with Crippen LogP contribution in [0.4, 0.5) is 10.2 Å². The number of pyridine rings is 2. The fraction of sp³-hybridized carbons (Fsp3) is 0.321. The van der Waals surface area contributed by atoms with Crippen LogP contribution in [0.2, 0.25) is 0 Å². The van der Waals surface area contributed by atoms with Crippen LogP contribution in [0.1, 0.15) is 40.9 Å². The lowest BCUT2D eigenvalue weighted by Gasteiger charge is -2.35. The fourth-order valence-electron chi connectivity index (χ4n) is 5.39. The number of aromatic nitrogens is 5. The number of likely N-dealkylation sites (tertiary alicyclic amines) is 1. The zero-order valence-corrected chi connectivity index (χ0v) is 21.0. The molecular weight excluding hydrogens is 483 g/mol. The van der Waals surface area contributed by atoms with Crippen molar-refractivity contribution in [3.63, 3.8) is 0 Å². The lowest BCUT2D eigenvalue weighted by molar-refractivity contribution is 0.0720. The Morgan fingerprint density at radius 3 is 2.61 bits per heavy atom. The maximum Gasteiger partial charge on any atom is 0.292 e. The topological polar surface area (TPSA) is 83.3 Å². The van der Waals surface area contributed by atoms with E-state index in [0.717, 1.165) is 56.1 Å². The van der Waals surface area contributed by atoms with Crippen molar-refractivity contribution in [2.24, 2.45) is 0 Å². The van der Waals surface area contributed by atoms with Crippen molar-refractivity contribution in [3.8, 4) is 5.69 Å². The van der Waals surface area contributed by atoms with Crippen molar-refractivity contribution in [1.29, 1.82) is 0 Å². The molecule has 0 N–H and O–H groups in total. The van der Waals surface area contributed by atoms with Gasteiger partial charge in [-0.2, -0.15) is 0 Å². The van der Waals surface area contributed by atoms with Gasteiger partial charge in [-0.15, -0.1) is 10.2 Å². The number of carbonyl (C=O) groups is 1. The van der Waals surface area contributed by atoms with Crippen molar-refractivity contribution in [1.82, 2.24) is 34.5 Å². The van der Waals surface area contributed by atoms with Gasteiger partial charge in [0.2, 0.25) is 5.82 Å². The smallest absolute Gasteiger partial charge is 0.292 e. The largest absolute Gasteiger partial charge is 0.354 e. The van der Waals surface area contributed by atoms with Gasteiger partial charge in [0.1, 0.15) is 11.6 Å². The van der Waals surface area contributed by atoms with E-state index in [9.17, 15) is 9.18 Å². The molecular formula is C28H29FN8O. The molecule has 2 fully saturated rings. The molecule has 10 heteroatoms. The molecule has 6 rings (SSSR count). The minimum Gasteiger partial charge on any atom is -0.354 e. The highest BCUT2D eigenvalue weighted by molar-refractivity contribution is 5.92. The van der Waals surface area contributed by atoms with Crippen molar-refractivity contribution in [2.45, 2.75) is 25.4 Å². The summed E-state index contributed by atoms with van der Waals surface area (Å²) in [5, 5.41) is 8.86. The molecule has 2 saturated heterocycles. The van der Waals surface area contributed by atoms with Gasteiger partial charge in [0.25, 0.3) is 5.91 Å². The van der Waals surface area contributed by atoms with Crippen molar-refractivity contribution < 1.29 is 9.18 Å². The number of hydrogen-bond donors (Lipinski definition) is 0. The molecule has 2 aliphatic heterocycles. The predicted molar refractivity (Wildman–Crippen MR) is 140 cm³/mol. The highest BCUT2D eigenvalue weighted by Crippen LogP contribution is 2.33. The van der Waals surface area contributed by atoms with Gasteiger partial charge in [-0.1, -0.05) is 18.2 Å². The molecule has 9 nitrogen and oxygen atoms in total. The van der Waals surface area contributed by atoms with Gasteiger partial charge in [-0.05, 0) is 54.8 Å². The number of nitrogens with zero attached hydrogens (tertiary/aromatic N) is 8. The summed E-state index contributed by atoms with van der Waals surface area (Å²) in [5.41, 5.74) is 1.54. The van der Waals surface area contributed by atoms with E-state index in [1.165, 1.54) is 12.1 Å². The van der Waals surface area contributed by atoms with Crippen LogP contribution in [0.25, 0.3) is 5.69 Å². The summed E-state index contributed by atoms with van der Waals surface area (Å²) in [4.78, 5) is 29.0. The Morgan fingerprint density at radius 2 is 1.84 bits per heavy atom. The monoisotopic (exact) mass is 512 g/mol. The zero-order valence-electron chi connectivity index (χ0n) is 21.0. The number of carbonyl (C=O) groups excluding carboxylic acids is 1. The van der Waals surface area contributed by atoms with E-state index in [0.29, 0.717) is 18.9 Å². The number of hydrogen-bond acceptors (Lipinski definition) is 7. The molecule has 0 saturated carbocycles. The molecule has 1 atom stereocenters. The Balaban J connectivity index is 1.25. The number of anilines is 1. The van der Waals surface area contributed by atoms with Crippen LogP contribution >= 0.6 is 0 Å². The molecule has 2 aliphatic rings. The third-order valence-corrected chi connectivity index (χ3v) is 7.28. The van der Waals surface area contributed by atoms with Crippen LogP contribution in [0.3, 0.4) is 0 Å². The summed E-state index contributed by atoms with van der Waals surface area (Å²) >= 11 is 0. The van der Waals surface area contributed by atoms with Gasteiger partial charge in [-0.3, -0.25) is 19.2 Å². The summed E-state index contributed by atoms with van der Waals surface area (Å²) in [6.45, 7) is 4.53. The van der Waals surface area contributed by atoms with Gasteiger partial charge >= 0.3 is 0 Å². The fourth-order valence-corrected chi connectivity index (χ4v) is 5.39. The van der Waals surface area contributed by atoms with Crippen LogP contribution in [-0.2, 0) is 6.54 Å². The van der Waals surface area contributed by atoms with E-state index in [1.54, 1.807) is 23.4 Å². The van der Waals surface area contributed by atoms with Crippen molar-refractivity contribution >= 4 is 11.7 Å². The number of benzene rings is 1. The van der Waals surface area contributed by atoms with Crippen molar-refractivity contribution in [2.75, 3.05) is 37.6 Å². The van der Waals surface area contributed by atoms with E-state index in [4.69, 9.17) is 0 Å². The minimum atomic E-state index is -0.300. The molecule has 3 aromatic heterocycles. The first-order valence-electron chi connectivity index (χ1n) is 13.0. The SMILES string of the molecule is O=C(c1nnc(CN2CCN(c3ccccn3)CC2)n1-c1cccnc1)N1CCC[C@@H]1c1cccc(F)c1. The molecule has 1 aromatic carbocycles. The molecule has 0 unspecified atom stereocenters. The second-order valence-corrected chi connectivity index (χ2v) is 9.65. The predicted octanol–water partition coefficient (Wildman–Crippen LogP) is 3.50. The molecule has 0 aliphatic carbocycles. The number of amides is 1. The Labute approximate surface area is 220 Å². The third kappa shape index (κ3) is 4.87. The molecule has 1 amide bonds. The lowest BCUT2D eigenvalue weighted by atomic mass is 10.0. The highest BCUT2D eigenvalue weighted by atomic mass is 19.1. The first-order chi connectivity index (χ1) is 18.7. The molecule has 38 heavy (non-hydrogen) atoms. The quantitative estimate of drug-likeness (QED) is 0.391. The standard InChI is InChI=1S/C28H29FN8O/c29-22-7-3-6-21(18-22)24-9-5-13-36(24)28(38)27-33-32-26(37(27)23-8-4-11-30-19-23)20-34-14-16-35(17-15-34)25-10-1-2-12-31-25/h1-4,6-8,10-12,18-19,24H,5,9,13-17,20H2/t24-/m1/s1. The summed E-state index contributed by atoms with van der Waals surface area (Å²) in [5.74, 6) is 1.42. The van der Waals surface area contributed by atoms with Gasteiger partial charge in [0.05, 0.1) is 24.5 Å². The molecule has 5 heterocycles. The third-order valence-electron chi connectivity index (χ3n) is 7.28. The average molecular weight is 513 g/mol. The van der Waals surface area contributed by atoms with Gasteiger partial charge in [0, 0.05) is 45.1 Å². The minimum absolute atomic E-state index is 0.194. The normalized spacial score (nSPS) is 18.2. The number of halogens is 1. The average Bonchev–Trinajstić information content (AvgIpc) is 3.62. The Morgan fingerprint density at radius 1 is 0.947 bits per heavy atom. The summed E-state index contributed by atoms with van der Waals surface area (Å²) in [6.07, 6.45) is 6.86. The first-order valence-corrected chi connectivity index (χ1v) is 13.0. The van der Waals surface area contributed by atoms with Crippen LogP contribution in [0.5, 0.6) is 0 Å². The lowest BCUT2D eigenvalue weighted by Crippen LogP contribution is -2.46. The van der Waals surface area contributed by atoms with Gasteiger partial charge < -0.3 is 9.80 Å². The molecule has 0 spiro atoms. The summed E-state index contributed by atoms with van der Waals surface area (Å²) in [7, 11) is 0. The maximum atomic E-state index is 14.0. The van der Waals surface area contributed by atoms with Crippen LogP contribution in [0, 0.1) is 5.82 Å². The van der Waals surface area contributed by atoms with E-state index in [2.05, 4.69) is 30.0 Å².